The summed E-state index contributed by atoms with van der Waals surface area (Å²) in [6.07, 6.45) is 2.12. The van der Waals surface area contributed by atoms with Gasteiger partial charge in [0.1, 0.15) is 0 Å². The molecule has 0 aliphatic rings. The van der Waals surface area contributed by atoms with Gasteiger partial charge in [-0.1, -0.05) is 13.3 Å². The first kappa shape index (κ1) is 18.9. The van der Waals surface area contributed by atoms with Crippen LogP contribution in [-0.4, -0.2) is 85.5 Å². The Kier molecular flexibility index (Phi) is 10.0. The van der Waals surface area contributed by atoms with E-state index in [1.165, 1.54) is 0 Å². The van der Waals surface area contributed by atoms with Gasteiger partial charge >= 0.3 is 5.97 Å². The molecule has 0 spiro atoms. The largest absolute Gasteiger partial charge is 0.481 e. The zero-order valence-corrected chi connectivity index (χ0v) is 13.3. The summed E-state index contributed by atoms with van der Waals surface area (Å²) in [5, 5.41) is 8.77. The number of amides is 1. The van der Waals surface area contributed by atoms with Crippen molar-refractivity contribution in [1.29, 1.82) is 0 Å². The second kappa shape index (κ2) is 10.6. The van der Waals surface area contributed by atoms with E-state index < -0.39 is 5.97 Å². The lowest BCUT2D eigenvalue weighted by atomic mass is 10.3. The molecular weight excluding hydrogens is 258 g/mol. The summed E-state index contributed by atoms with van der Waals surface area (Å²) >= 11 is 0. The standard InChI is InChI=1S/C14H29N3O3/c1-5-6-8-16(4)13(18)12-17(9-7-14(19)20)11-10-15(2)3/h5-12H2,1-4H3,(H,19,20). The molecule has 0 saturated carbocycles. The monoisotopic (exact) mass is 287 g/mol. The van der Waals surface area contributed by atoms with E-state index in [-0.39, 0.29) is 12.3 Å². The number of carboxylic acids is 1. The van der Waals surface area contributed by atoms with Crippen molar-refractivity contribution in [3.05, 3.63) is 0 Å². The van der Waals surface area contributed by atoms with Crippen LogP contribution in [0, 0.1) is 0 Å². The normalized spacial score (nSPS) is 11.1. The van der Waals surface area contributed by atoms with Crippen molar-refractivity contribution in [3.8, 4) is 0 Å². The number of carbonyl (C=O) groups excluding carboxylic acids is 1. The van der Waals surface area contributed by atoms with Crippen LogP contribution >= 0.6 is 0 Å². The van der Waals surface area contributed by atoms with Crippen LogP contribution in [0.25, 0.3) is 0 Å². The first-order valence-electron chi connectivity index (χ1n) is 7.19. The van der Waals surface area contributed by atoms with Crippen molar-refractivity contribution in [2.45, 2.75) is 26.2 Å². The average Bonchev–Trinajstić information content (AvgIpc) is 2.38. The van der Waals surface area contributed by atoms with E-state index in [9.17, 15) is 9.59 Å². The highest BCUT2D eigenvalue weighted by atomic mass is 16.4. The van der Waals surface area contributed by atoms with Gasteiger partial charge in [-0.3, -0.25) is 14.5 Å². The van der Waals surface area contributed by atoms with Gasteiger partial charge in [-0.05, 0) is 20.5 Å². The average molecular weight is 287 g/mol. The van der Waals surface area contributed by atoms with Gasteiger partial charge in [-0.15, -0.1) is 0 Å². The summed E-state index contributed by atoms with van der Waals surface area (Å²) in [5.74, 6) is -0.769. The van der Waals surface area contributed by atoms with Gasteiger partial charge in [0.2, 0.25) is 5.91 Å². The molecule has 0 unspecified atom stereocenters. The molecule has 0 aromatic carbocycles. The second-order valence-corrected chi connectivity index (χ2v) is 5.39. The fourth-order valence-electron chi connectivity index (χ4n) is 1.70. The first-order chi connectivity index (χ1) is 9.36. The van der Waals surface area contributed by atoms with Crippen LogP contribution in [0.5, 0.6) is 0 Å². The van der Waals surface area contributed by atoms with Crippen LogP contribution < -0.4 is 0 Å². The molecule has 0 heterocycles. The third-order valence-electron chi connectivity index (χ3n) is 3.14. The van der Waals surface area contributed by atoms with E-state index in [1.54, 1.807) is 11.9 Å². The Hall–Kier alpha value is -1.14. The summed E-state index contributed by atoms with van der Waals surface area (Å²) in [6, 6.07) is 0. The molecule has 1 N–H and O–H groups in total. The summed E-state index contributed by atoms with van der Waals surface area (Å²) in [6.45, 7) is 5.07. The maximum atomic E-state index is 12.1. The number of aliphatic carboxylic acids is 1. The molecule has 0 fully saturated rings. The fourth-order valence-corrected chi connectivity index (χ4v) is 1.70. The molecule has 0 aliphatic heterocycles. The molecule has 0 atom stereocenters. The third-order valence-corrected chi connectivity index (χ3v) is 3.14. The highest BCUT2D eigenvalue weighted by Gasteiger charge is 2.15. The molecule has 0 bridgehead atoms. The van der Waals surface area contributed by atoms with Gasteiger partial charge in [0.15, 0.2) is 0 Å². The minimum atomic E-state index is -0.827. The molecule has 0 saturated heterocycles. The summed E-state index contributed by atoms with van der Waals surface area (Å²) < 4.78 is 0. The van der Waals surface area contributed by atoms with Crippen LogP contribution in [0.2, 0.25) is 0 Å². The Balaban J connectivity index is 4.29. The van der Waals surface area contributed by atoms with Crippen molar-refractivity contribution < 1.29 is 14.7 Å². The van der Waals surface area contributed by atoms with Gasteiger partial charge < -0.3 is 14.9 Å². The summed E-state index contributed by atoms with van der Waals surface area (Å²) in [7, 11) is 5.73. The zero-order valence-electron chi connectivity index (χ0n) is 13.3. The van der Waals surface area contributed by atoms with Crippen molar-refractivity contribution in [2.75, 3.05) is 53.9 Å². The Morgan fingerprint density at radius 1 is 1.00 bits per heavy atom. The van der Waals surface area contributed by atoms with Crippen molar-refractivity contribution in [3.63, 3.8) is 0 Å². The fraction of sp³-hybridized carbons (Fsp3) is 0.857. The van der Waals surface area contributed by atoms with Crippen LogP contribution in [0.1, 0.15) is 26.2 Å². The number of carboxylic acid groups (broad SMARTS) is 1. The number of hydrogen-bond acceptors (Lipinski definition) is 4. The van der Waals surface area contributed by atoms with Crippen LogP contribution in [0.4, 0.5) is 0 Å². The van der Waals surface area contributed by atoms with E-state index >= 15 is 0 Å². The minimum Gasteiger partial charge on any atom is -0.481 e. The SMILES string of the molecule is CCCCN(C)C(=O)CN(CCC(=O)O)CCN(C)C. The van der Waals surface area contributed by atoms with Crippen molar-refractivity contribution >= 4 is 11.9 Å². The van der Waals surface area contributed by atoms with Crippen molar-refractivity contribution in [2.24, 2.45) is 0 Å². The maximum Gasteiger partial charge on any atom is 0.304 e. The number of unbranched alkanes of at least 4 members (excludes halogenated alkanes) is 1. The van der Waals surface area contributed by atoms with Gasteiger partial charge in [0.05, 0.1) is 13.0 Å². The van der Waals surface area contributed by atoms with Gasteiger partial charge in [-0.2, -0.15) is 0 Å². The van der Waals surface area contributed by atoms with Gasteiger partial charge in [0.25, 0.3) is 0 Å². The molecule has 118 valence electrons. The number of carbonyl (C=O) groups is 2. The number of nitrogens with zero attached hydrogens (tertiary/aromatic N) is 3. The number of hydrogen-bond donors (Lipinski definition) is 1. The highest BCUT2D eigenvalue weighted by molar-refractivity contribution is 5.78. The molecule has 0 aliphatic carbocycles. The molecule has 0 aromatic heterocycles. The summed E-state index contributed by atoms with van der Waals surface area (Å²) in [4.78, 5) is 28.4. The Morgan fingerprint density at radius 3 is 2.15 bits per heavy atom. The third kappa shape index (κ3) is 9.75. The van der Waals surface area contributed by atoms with E-state index in [4.69, 9.17) is 5.11 Å². The molecule has 0 radical (unpaired) electrons. The van der Waals surface area contributed by atoms with Crippen LogP contribution in [0.3, 0.4) is 0 Å². The van der Waals surface area contributed by atoms with E-state index in [0.29, 0.717) is 19.6 Å². The van der Waals surface area contributed by atoms with E-state index in [2.05, 4.69) is 6.92 Å². The Labute approximate surface area is 122 Å². The lowest BCUT2D eigenvalue weighted by molar-refractivity contribution is -0.138. The van der Waals surface area contributed by atoms with E-state index in [1.807, 2.05) is 23.9 Å². The molecule has 1 amide bonds. The molecule has 0 aromatic rings. The zero-order chi connectivity index (χ0) is 15.5. The minimum absolute atomic E-state index is 0.0580. The first-order valence-corrected chi connectivity index (χ1v) is 7.19. The second-order valence-electron chi connectivity index (χ2n) is 5.39. The predicted molar refractivity (Wildman–Crippen MR) is 79.8 cm³/mol. The van der Waals surface area contributed by atoms with E-state index in [0.717, 1.165) is 25.9 Å². The highest BCUT2D eigenvalue weighted by Crippen LogP contribution is 1.98. The summed E-state index contributed by atoms with van der Waals surface area (Å²) in [5.41, 5.74) is 0. The van der Waals surface area contributed by atoms with Crippen LogP contribution in [-0.2, 0) is 9.59 Å². The Bertz CT molecular complexity index is 295. The lowest BCUT2D eigenvalue weighted by Gasteiger charge is -2.25. The quantitative estimate of drug-likeness (QED) is 0.602. The molecule has 6 heteroatoms. The van der Waals surface area contributed by atoms with Gasteiger partial charge in [0, 0.05) is 33.2 Å². The van der Waals surface area contributed by atoms with Crippen LogP contribution in [0.15, 0.2) is 0 Å². The predicted octanol–water partition coefficient (Wildman–Crippen LogP) is 0.583. The smallest absolute Gasteiger partial charge is 0.304 e. The lowest BCUT2D eigenvalue weighted by Crippen LogP contribution is -2.42. The molecule has 0 rings (SSSR count). The molecular formula is C14H29N3O3. The topological polar surface area (TPSA) is 64.1 Å². The van der Waals surface area contributed by atoms with Crippen molar-refractivity contribution in [1.82, 2.24) is 14.7 Å². The Morgan fingerprint density at radius 2 is 1.65 bits per heavy atom. The number of likely N-dealkylation sites (N-methyl/N-ethyl adjacent to an activating group) is 2. The molecule has 6 nitrogen and oxygen atoms in total. The van der Waals surface area contributed by atoms with Gasteiger partial charge in [-0.25, -0.2) is 0 Å². The molecule has 20 heavy (non-hydrogen) atoms. The maximum absolute atomic E-state index is 12.1. The number of rotatable bonds is 11.